The molecule has 0 spiro atoms. The van der Waals surface area contributed by atoms with Crippen molar-refractivity contribution in [2.75, 3.05) is 20.8 Å². The van der Waals surface area contributed by atoms with Crippen LogP contribution in [0.25, 0.3) is 0 Å². The lowest BCUT2D eigenvalue weighted by Gasteiger charge is -2.18. The number of rotatable bonds is 6. The molecule has 2 N–H and O–H groups in total. The molecule has 0 fully saturated rings. The first-order valence-corrected chi connectivity index (χ1v) is 5.68. The van der Waals surface area contributed by atoms with Crippen molar-refractivity contribution in [1.29, 1.82) is 0 Å². The van der Waals surface area contributed by atoms with Gasteiger partial charge in [-0.25, -0.2) is 0 Å². The Balaban J connectivity index is 3.01. The van der Waals surface area contributed by atoms with Gasteiger partial charge in [-0.2, -0.15) is 0 Å². The van der Waals surface area contributed by atoms with Crippen LogP contribution in [0.5, 0.6) is 11.5 Å². The van der Waals surface area contributed by atoms with E-state index in [0.29, 0.717) is 12.5 Å². The minimum absolute atomic E-state index is 0.367. The average molecular weight is 223 g/mol. The zero-order valence-electron chi connectivity index (χ0n) is 10.3. The fraction of sp³-hybridized carbons (Fsp3) is 0.538. The van der Waals surface area contributed by atoms with Gasteiger partial charge in [0, 0.05) is 6.07 Å². The smallest absolute Gasteiger partial charge is 0.126 e. The summed E-state index contributed by atoms with van der Waals surface area (Å²) in [7, 11) is 3.33. The van der Waals surface area contributed by atoms with Crippen LogP contribution in [0.15, 0.2) is 18.2 Å². The second-order valence-electron chi connectivity index (χ2n) is 3.83. The van der Waals surface area contributed by atoms with E-state index in [0.717, 1.165) is 24.3 Å². The fourth-order valence-corrected chi connectivity index (χ4v) is 1.90. The van der Waals surface area contributed by atoms with Crippen LogP contribution < -0.4 is 15.2 Å². The molecule has 1 atom stereocenters. The largest absolute Gasteiger partial charge is 0.497 e. The number of ether oxygens (including phenoxy) is 2. The molecule has 0 amide bonds. The van der Waals surface area contributed by atoms with Gasteiger partial charge in [-0.15, -0.1) is 0 Å². The van der Waals surface area contributed by atoms with Crippen LogP contribution in [0.3, 0.4) is 0 Å². The first kappa shape index (κ1) is 12.8. The molecule has 16 heavy (non-hydrogen) atoms. The topological polar surface area (TPSA) is 44.5 Å². The SMILES string of the molecule is CCCC(CN)c1ccc(OC)cc1OC. The zero-order chi connectivity index (χ0) is 12.0. The number of hydrogen-bond acceptors (Lipinski definition) is 3. The Morgan fingerprint density at radius 2 is 2.00 bits per heavy atom. The molecule has 3 nitrogen and oxygen atoms in total. The normalized spacial score (nSPS) is 12.2. The van der Waals surface area contributed by atoms with Crippen LogP contribution >= 0.6 is 0 Å². The molecular weight excluding hydrogens is 202 g/mol. The van der Waals surface area contributed by atoms with Crippen molar-refractivity contribution in [2.24, 2.45) is 5.73 Å². The van der Waals surface area contributed by atoms with E-state index in [-0.39, 0.29) is 0 Å². The summed E-state index contributed by atoms with van der Waals surface area (Å²) in [6, 6.07) is 5.91. The van der Waals surface area contributed by atoms with Gasteiger partial charge in [0.25, 0.3) is 0 Å². The molecule has 90 valence electrons. The number of hydrogen-bond donors (Lipinski definition) is 1. The van der Waals surface area contributed by atoms with Gasteiger partial charge in [0.05, 0.1) is 14.2 Å². The maximum Gasteiger partial charge on any atom is 0.126 e. The standard InChI is InChI=1S/C13H21NO2/c1-4-5-10(9-14)12-7-6-11(15-2)8-13(12)16-3/h6-8,10H,4-5,9,14H2,1-3H3. The minimum atomic E-state index is 0.367. The van der Waals surface area contributed by atoms with E-state index in [1.165, 1.54) is 5.56 Å². The van der Waals surface area contributed by atoms with Crippen LogP contribution in [-0.2, 0) is 0 Å². The summed E-state index contributed by atoms with van der Waals surface area (Å²) in [5.41, 5.74) is 6.97. The third kappa shape index (κ3) is 2.89. The van der Waals surface area contributed by atoms with Crippen LogP contribution in [0.4, 0.5) is 0 Å². The highest BCUT2D eigenvalue weighted by molar-refractivity contribution is 5.42. The highest BCUT2D eigenvalue weighted by atomic mass is 16.5. The highest BCUT2D eigenvalue weighted by Crippen LogP contribution is 2.32. The molecule has 0 aromatic heterocycles. The van der Waals surface area contributed by atoms with E-state index in [4.69, 9.17) is 15.2 Å². The summed E-state index contributed by atoms with van der Waals surface area (Å²) in [5.74, 6) is 2.04. The summed E-state index contributed by atoms with van der Waals surface area (Å²) in [4.78, 5) is 0. The highest BCUT2D eigenvalue weighted by Gasteiger charge is 2.14. The van der Waals surface area contributed by atoms with Crippen molar-refractivity contribution in [1.82, 2.24) is 0 Å². The second kappa shape index (κ2) is 6.38. The van der Waals surface area contributed by atoms with Gasteiger partial charge in [0.15, 0.2) is 0 Å². The Hall–Kier alpha value is -1.22. The Morgan fingerprint density at radius 1 is 1.25 bits per heavy atom. The van der Waals surface area contributed by atoms with E-state index in [1.54, 1.807) is 14.2 Å². The summed E-state index contributed by atoms with van der Waals surface area (Å²) in [6.07, 6.45) is 2.20. The van der Waals surface area contributed by atoms with Crippen molar-refractivity contribution in [3.05, 3.63) is 23.8 Å². The van der Waals surface area contributed by atoms with E-state index in [1.807, 2.05) is 18.2 Å². The summed E-state index contributed by atoms with van der Waals surface area (Å²) < 4.78 is 10.6. The van der Waals surface area contributed by atoms with E-state index in [9.17, 15) is 0 Å². The van der Waals surface area contributed by atoms with Gasteiger partial charge < -0.3 is 15.2 Å². The van der Waals surface area contributed by atoms with Crippen molar-refractivity contribution in [3.63, 3.8) is 0 Å². The molecule has 0 aliphatic carbocycles. The van der Waals surface area contributed by atoms with Gasteiger partial charge in [-0.05, 0) is 30.5 Å². The monoisotopic (exact) mass is 223 g/mol. The van der Waals surface area contributed by atoms with Crippen LogP contribution in [-0.4, -0.2) is 20.8 Å². The van der Waals surface area contributed by atoms with E-state index >= 15 is 0 Å². The van der Waals surface area contributed by atoms with Crippen molar-refractivity contribution in [3.8, 4) is 11.5 Å². The fourth-order valence-electron chi connectivity index (χ4n) is 1.90. The Bertz CT molecular complexity index is 326. The van der Waals surface area contributed by atoms with Crippen LogP contribution in [0.1, 0.15) is 31.2 Å². The third-order valence-corrected chi connectivity index (χ3v) is 2.80. The lowest BCUT2D eigenvalue weighted by molar-refractivity contribution is 0.387. The Morgan fingerprint density at radius 3 is 2.50 bits per heavy atom. The van der Waals surface area contributed by atoms with Crippen molar-refractivity contribution >= 4 is 0 Å². The second-order valence-corrected chi connectivity index (χ2v) is 3.83. The minimum Gasteiger partial charge on any atom is -0.497 e. The first-order valence-electron chi connectivity index (χ1n) is 5.68. The molecule has 0 saturated carbocycles. The maximum atomic E-state index is 5.80. The van der Waals surface area contributed by atoms with Gasteiger partial charge in [-0.1, -0.05) is 19.4 Å². The van der Waals surface area contributed by atoms with Gasteiger partial charge in [0.2, 0.25) is 0 Å². The predicted octanol–water partition coefficient (Wildman–Crippen LogP) is 2.55. The molecule has 0 saturated heterocycles. The van der Waals surface area contributed by atoms with E-state index in [2.05, 4.69) is 6.92 Å². The molecule has 0 heterocycles. The van der Waals surface area contributed by atoms with Crippen LogP contribution in [0, 0.1) is 0 Å². The maximum absolute atomic E-state index is 5.80. The molecule has 0 radical (unpaired) electrons. The van der Waals surface area contributed by atoms with Gasteiger partial charge in [-0.3, -0.25) is 0 Å². The molecule has 1 unspecified atom stereocenters. The van der Waals surface area contributed by atoms with E-state index < -0.39 is 0 Å². The molecule has 1 aromatic rings. The number of benzene rings is 1. The molecule has 1 aromatic carbocycles. The summed E-state index contributed by atoms with van der Waals surface area (Å²) in [5, 5.41) is 0. The Labute approximate surface area is 97.6 Å². The first-order chi connectivity index (χ1) is 7.76. The molecule has 0 aliphatic heterocycles. The van der Waals surface area contributed by atoms with Gasteiger partial charge in [0.1, 0.15) is 11.5 Å². The summed E-state index contributed by atoms with van der Waals surface area (Å²) >= 11 is 0. The molecule has 3 heteroatoms. The van der Waals surface area contributed by atoms with Crippen LogP contribution in [0.2, 0.25) is 0 Å². The lowest BCUT2D eigenvalue weighted by atomic mass is 9.93. The van der Waals surface area contributed by atoms with Crippen molar-refractivity contribution in [2.45, 2.75) is 25.7 Å². The lowest BCUT2D eigenvalue weighted by Crippen LogP contribution is -2.13. The average Bonchev–Trinajstić information content (AvgIpc) is 2.35. The van der Waals surface area contributed by atoms with Crippen molar-refractivity contribution < 1.29 is 9.47 Å². The molecule has 0 aliphatic rings. The zero-order valence-corrected chi connectivity index (χ0v) is 10.3. The molecular formula is C13H21NO2. The summed E-state index contributed by atoms with van der Waals surface area (Å²) in [6.45, 7) is 2.81. The Kier molecular flexibility index (Phi) is 5.12. The number of nitrogens with two attached hydrogens (primary N) is 1. The third-order valence-electron chi connectivity index (χ3n) is 2.80. The molecule has 1 rings (SSSR count). The number of methoxy groups -OCH3 is 2. The van der Waals surface area contributed by atoms with Gasteiger partial charge >= 0.3 is 0 Å². The molecule has 0 bridgehead atoms. The predicted molar refractivity (Wildman–Crippen MR) is 66.2 cm³/mol. The quantitative estimate of drug-likeness (QED) is 0.806.